The molecule has 0 radical (unpaired) electrons. The molecule has 0 aromatic carbocycles. The van der Waals surface area contributed by atoms with E-state index in [9.17, 15) is 5.11 Å². The average molecular weight is 257 g/mol. The van der Waals surface area contributed by atoms with Crippen LogP contribution < -0.4 is 0 Å². The molecule has 1 aliphatic rings. The first-order valence-electron chi connectivity index (χ1n) is 6.03. The second kappa shape index (κ2) is 6.37. The Kier molecular flexibility index (Phi) is 4.82. The Labute approximate surface area is 106 Å². The van der Waals surface area contributed by atoms with Crippen LogP contribution in [0.1, 0.15) is 25.1 Å². The average Bonchev–Trinajstić information content (AvgIpc) is 2.56. The highest BCUT2D eigenvalue weighted by Gasteiger charge is 2.16. The van der Waals surface area contributed by atoms with Crippen molar-refractivity contribution in [2.75, 3.05) is 19.5 Å². The highest BCUT2D eigenvalue weighted by molar-refractivity contribution is 7.99. The van der Waals surface area contributed by atoms with Gasteiger partial charge < -0.3 is 14.4 Å². The predicted molar refractivity (Wildman–Crippen MR) is 66.2 cm³/mol. The maximum Gasteiger partial charge on any atom is 0.191 e. The highest BCUT2D eigenvalue weighted by atomic mass is 32.2. The number of aromatic nitrogens is 3. The number of hydrogen-bond donors (Lipinski definition) is 1. The second-order valence-corrected chi connectivity index (χ2v) is 5.27. The van der Waals surface area contributed by atoms with E-state index in [1.807, 2.05) is 0 Å². The van der Waals surface area contributed by atoms with Gasteiger partial charge in [-0.2, -0.15) is 0 Å². The summed E-state index contributed by atoms with van der Waals surface area (Å²) in [5.41, 5.74) is 0. The van der Waals surface area contributed by atoms with Gasteiger partial charge in [-0.05, 0) is 12.8 Å². The Morgan fingerprint density at radius 3 is 3.12 bits per heavy atom. The lowest BCUT2D eigenvalue weighted by molar-refractivity contribution is 0.0793. The molecule has 1 atom stereocenters. The van der Waals surface area contributed by atoms with E-state index in [0.29, 0.717) is 12.4 Å². The lowest BCUT2D eigenvalue weighted by atomic mass is 10.2. The molecule has 2 heterocycles. The van der Waals surface area contributed by atoms with Gasteiger partial charge in [0, 0.05) is 25.8 Å². The molecule has 0 fully saturated rings. The first-order chi connectivity index (χ1) is 8.31. The van der Waals surface area contributed by atoms with Gasteiger partial charge >= 0.3 is 0 Å². The van der Waals surface area contributed by atoms with Crippen LogP contribution in [0.4, 0.5) is 0 Å². The minimum atomic E-state index is -0.441. The number of ether oxygens (including phenoxy) is 1. The zero-order chi connectivity index (χ0) is 12.1. The van der Waals surface area contributed by atoms with Crippen molar-refractivity contribution in [3.63, 3.8) is 0 Å². The molecule has 0 saturated carbocycles. The molecule has 0 aliphatic carbocycles. The molecule has 5 nitrogen and oxygen atoms in total. The zero-order valence-corrected chi connectivity index (χ0v) is 10.9. The molecule has 2 rings (SSSR count). The lowest BCUT2D eigenvalue weighted by Crippen LogP contribution is -2.17. The smallest absolute Gasteiger partial charge is 0.191 e. The summed E-state index contributed by atoms with van der Waals surface area (Å²) >= 11 is 1.56. The summed E-state index contributed by atoms with van der Waals surface area (Å²) in [6.45, 7) is 1.37. The van der Waals surface area contributed by atoms with Crippen molar-refractivity contribution in [3.05, 3.63) is 5.82 Å². The quantitative estimate of drug-likeness (QED) is 0.801. The van der Waals surface area contributed by atoms with Crippen LogP contribution in [0.5, 0.6) is 0 Å². The fourth-order valence-electron chi connectivity index (χ4n) is 1.98. The molecule has 1 aromatic rings. The van der Waals surface area contributed by atoms with Crippen LogP contribution >= 0.6 is 11.8 Å². The van der Waals surface area contributed by atoms with Gasteiger partial charge in [0.1, 0.15) is 5.82 Å². The third-order valence-corrected chi connectivity index (χ3v) is 3.95. The number of nitrogens with zero attached hydrogens (tertiary/aromatic N) is 3. The van der Waals surface area contributed by atoms with Crippen molar-refractivity contribution < 1.29 is 9.84 Å². The Balaban J connectivity index is 1.94. The normalized spacial score (nSPS) is 17.5. The molecular formula is C11H19N3O2S. The molecule has 1 unspecified atom stereocenters. The largest absolute Gasteiger partial charge is 0.390 e. The van der Waals surface area contributed by atoms with Crippen LogP contribution in [-0.4, -0.2) is 45.4 Å². The minimum Gasteiger partial charge on any atom is -0.390 e. The molecule has 0 spiro atoms. The topological polar surface area (TPSA) is 60.2 Å². The number of hydrogen-bond acceptors (Lipinski definition) is 5. The summed E-state index contributed by atoms with van der Waals surface area (Å²) in [6, 6.07) is 0. The summed E-state index contributed by atoms with van der Waals surface area (Å²) in [5, 5.41) is 18.9. The summed E-state index contributed by atoms with van der Waals surface area (Å²) in [7, 11) is 1.59. The van der Waals surface area contributed by atoms with E-state index in [4.69, 9.17) is 4.74 Å². The molecule has 1 aliphatic heterocycles. The first-order valence-corrected chi connectivity index (χ1v) is 7.01. The van der Waals surface area contributed by atoms with Gasteiger partial charge in [0.25, 0.3) is 0 Å². The van der Waals surface area contributed by atoms with E-state index in [-0.39, 0.29) is 0 Å². The fourth-order valence-corrected chi connectivity index (χ4v) is 2.87. The van der Waals surface area contributed by atoms with Gasteiger partial charge in [0.2, 0.25) is 0 Å². The number of fused-ring (bicyclic) bond motifs is 1. The fraction of sp³-hybridized carbons (Fsp3) is 0.818. The van der Waals surface area contributed by atoms with Crippen LogP contribution in [0.25, 0.3) is 0 Å². The molecule has 1 N–H and O–H groups in total. The molecule has 17 heavy (non-hydrogen) atoms. The molecule has 96 valence electrons. The summed E-state index contributed by atoms with van der Waals surface area (Å²) in [4.78, 5) is 0. The standard InChI is InChI=1S/C11H19N3O2S/c1-16-7-9(15)8-17-11-13-12-10-5-3-2-4-6-14(10)11/h9,15H,2-8H2,1H3. The minimum absolute atomic E-state index is 0.369. The number of methoxy groups -OCH3 is 1. The maximum absolute atomic E-state index is 9.60. The number of aliphatic hydroxyl groups is 1. The van der Waals surface area contributed by atoms with Crippen molar-refractivity contribution in [2.24, 2.45) is 0 Å². The van der Waals surface area contributed by atoms with Gasteiger partial charge in [-0.15, -0.1) is 10.2 Å². The lowest BCUT2D eigenvalue weighted by Gasteiger charge is -2.09. The van der Waals surface area contributed by atoms with Crippen molar-refractivity contribution in [1.82, 2.24) is 14.8 Å². The summed E-state index contributed by atoms with van der Waals surface area (Å²) in [6.07, 6.45) is 4.24. The van der Waals surface area contributed by atoms with Crippen LogP contribution in [0, 0.1) is 0 Å². The van der Waals surface area contributed by atoms with Gasteiger partial charge in [-0.1, -0.05) is 18.2 Å². The second-order valence-electron chi connectivity index (χ2n) is 4.28. The number of rotatable bonds is 5. The highest BCUT2D eigenvalue weighted by Crippen LogP contribution is 2.22. The SMILES string of the molecule is COCC(O)CSc1nnc2n1CCCCC2. The van der Waals surface area contributed by atoms with Gasteiger partial charge in [0.15, 0.2) is 5.16 Å². The maximum atomic E-state index is 9.60. The Morgan fingerprint density at radius 1 is 1.41 bits per heavy atom. The first kappa shape index (κ1) is 12.9. The number of aliphatic hydroxyl groups excluding tert-OH is 1. The van der Waals surface area contributed by atoms with Crippen molar-refractivity contribution in [3.8, 4) is 0 Å². The molecule has 6 heteroatoms. The van der Waals surface area contributed by atoms with E-state index in [0.717, 1.165) is 23.9 Å². The van der Waals surface area contributed by atoms with E-state index in [1.165, 1.54) is 19.3 Å². The van der Waals surface area contributed by atoms with E-state index < -0.39 is 6.10 Å². The number of thioether (sulfide) groups is 1. The van der Waals surface area contributed by atoms with Crippen molar-refractivity contribution in [2.45, 2.75) is 43.5 Å². The number of aryl methyl sites for hydroxylation is 1. The van der Waals surface area contributed by atoms with Gasteiger partial charge in [-0.25, -0.2) is 0 Å². The van der Waals surface area contributed by atoms with Crippen LogP contribution in [0.3, 0.4) is 0 Å². The van der Waals surface area contributed by atoms with Gasteiger partial charge in [0.05, 0.1) is 12.7 Å². The monoisotopic (exact) mass is 257 g/mol. The summed E-state index contributed by atoms with van der Waals surface area (Å²) < 4.78 is 7.09. The Morgan fingerprint density at radius 2 is 2.29 bits per heavy atom. The predicted octanol–water partition coefficient (Wildman–Crippen LogP) is 1.10. The molecule has 0 amide bonds. The van der Waals surface area contributed by atoms with E-state index >= 15 is 0 Å². The van der Waals surface area contributed by atoms with Crippen LogP contribution in [0.2, 0.25) is 0 Å². The Bertz CT molecular complexity index is 356. The van der Waals surface area contributed by atoms with Crippen molar-refractivity contribution >= 4 is 11.8 Å². The molecular weight excluding hydrogens is 238 g/mol. The molecule has 1 aromatic heterocycles. The molecule has 0 saturated heterocycles. The van der Waals surface area contributed by atoms with E-state index in [2.05, 4.69) is 14.8 Å². The van der Waals surface area contributed by atoms with Crippen LogP contribution in [-0.2, 0) is 17.7 Å². The van der Waals surface area contributed by atoms with E-state index in [1.54, 1.807) is 18.9 Å². The van der Waals surface area contributed by atoms with Crippen LogP contribution in [0.15, 0.2) is 5.16 Å². The third kappa shape index (κ3) is 3.43. The van der Waals surface area contributed by atoms with Gasteiger partial charge in [-0.3, -0.25) is 0 Å². The Hall–Kier alpha value is -0.590. The van der Waals surface area contributed by atoms with Crippen molar-refractivity contribution in [1.29, 1.82) is 0 Å². The summed E-state index contributed by atoms with van der Waals surface area (Å²) in [5.74, 6) is 1.69. The molecule has 0 bridgehead atoms. The zero-order valence-electron chi connectivity index (χ0n) is 10.1. The third-order valence-electron chi connectivity index (χ3n) is 2.84.